The minimum absolute atomic E-state index is 0.0158. The average Bonchev–Trinajstić information content (AvgIpc) is 1.50. The van der Waals surface area contributed by atoms with Crippen LogP contribution in [-0.2, 0) is 48.6 Å². The van der Waals surface area contributed by atoms with E-state index in [1.807, 2.05) is 0 Å². The zero-order chi connectivity index (χ0) is 83.4. The lowest BCUT2D eigenvalue weighted by Crippen LogP contribution is -2.57. The molecule has 10 rings (SSSR count). The summed E-state index contributed by atoms with van der Waals surface area (Å²) in [5.41, 5.74) is -1.79. The minimum atomic E-state index is -2.21. The Bertz CT molecular complexity index is 4880. The number of aliphatic imine (C=N–C) groups is 2. The van der Waals surface area contributed by atoms with Crippen molar-refractivity contribution in [3.8, 4) is 0 Å². The molecule has 4 aliphatic heterocycles. The van der Waals surface area contributed by atoms with E-state index in [2.05, 4.69) is 98.2 Å². The predicted molar refractivity (Wildman–Crippen MR) is 418 cm³/mol. The van der Waals surface area contributed by atoms with Crippen LogP contribution in [0.2, 0.25) is 0 Å². The van der Waals surface area contributed by atoms with Crippen molar-refractivity contribution in [2.75, 3.05) is 5.75 Å². The molecule has 1 aliphatic carbocycles. The van der Waals surface area contributed by atoms with Crippen molar-refractivity contribution in [1.82, 2.24) is 83.4 Å². The van der Waals surface area contributed by atoms with Gasteiger partial charge in [-0.25, -0.2) is 29.7 Å². The van der Waals surface area contributed by atoms with Gasteiger partial charge in [0.05, 0.1) is 70.3 Å². The van der Waals surface area contributed by atoms with Gasteiger partial charge < -0.3 is 89.2 Å². The van der Waals surface area contributed by atoms with Crippen molar-refractivity contribution in [2.24, 2.45) is 21.6 Å². The fourth-order valence-corrected chi connectivity index (χ4v) is 17.2. The number of carbonyl (C=O) groups excluding carboxylic acids is 12. The number of aromatic nitrogens is 5. The summed E-state index contributed by atoms with van der Waals surface area (Å²) in [5, 5.41) is 92.2. The lowest BCUT2D eigenvalue weighted by molar-refractivity contribution is -0.131. The molecule has 6 unspecified atom stereocenters. The van der Waals surface area contributed by atoms with Crippen molar-refractivity contribution in [2.45, 2.75) is 185 Å². The van der Waals surface area contributed by atoms with Gasteiger partial charge in [0, 0.05) is 32.8 Å². The minimum Gasteiger partial charge on any atom is -0.455 e. The van der Waals surface area contributed by atoms with Gasteiger partial charge in [0.15, 0.2) is 0 Å². The van der Waals surface area contributed by atoms with Gasteiger partial charge >= 0.3 is 5.97 Å². The van der Waals surface area contributed by atoms with Crippen molar-refractivity contribution < 1.29 is 87.8 Å². The number of amides is 11. The van der Waals surface area contributed by atoms with Gasteiger partial charge in [0.1, 0.15) is 113 Å². The topological polar surface area (TPSA) is 563 Å². The van der Waals surface area contributed by atoms with Crippen LogP contribution >= 0.6 is 57.1 Å². The second kappa shape index (κ2) is 35.5. The molecule has 42 heteroatoms. The molecule has 5 aromatic rings. The Kier molecular flexibility index (Phi) is 26.7. The van der Waals surface area contributed by atoms with E-state index in [0.717, 1.165) is 57.1 Å². The summed E-state index contributed by atoms with van der Waals surface area (Å²) in [5.74, 6) is -12.2. The van der Waals surface area contributed by atoms with Crippen molar-refractivity contribution in [3.05, 3.63) is 148 Å². The van der Waals surface area contributed by atoms with Gasteiger partial charge in [0.25, 0.3) is 35.4 Å². The zero-order valence-corrected chi connectivity index (χ0v) is 67.1. The number of hydrogen-bond acceptors (Lipinski definition) is 31. The summed E-state index contributed by atoms with van der Waals surface area (Å²) in [4.78, 5) is 204. The monoisotopic (exact) mass is 1660 g/mol. The van der Waals surface area contributed by atoms with E-state index in [1.165, 1.54) is 88.2 Å². The highest BCUT2D eigenvalue weighted by atomic mass is 32.2. The number of pyridine rings is 1. The zero-order valence-electron chi connectivity index (χ0n) is 63.0. The third kappa shape index (κ3) is 18.6. The van der Waals surface area contributed by atoms with Crippen LogP contribution in [0.25, 0.3) is 6.08 Å². The second-order valence-corrected chi connectivity index (χ2v) is 32.3. The number of primary amides is 1. The summed E-state index contributed by atoms with van der Waals surface area (Å²) in [6, 6.07) is -11.6. The molecule has 13 bridgehead atoms. The number of thioether (sulfide) groups is 1. The number of hydrogen-bond donors (Lipinski definition) is 17. The fraction of sp³-hybridized carbons (Fsp3) is 0.431. The van der Waals surface area contributed by atoms with Crippen LogP contribution in [0.5, 0.6) is 0 Å². The Balaban J connectivity index is 1.18. The van der Waals surface area contributed by atoms with E-state index in [1.54, 1.807) is 26.8 Å². The summed E-state index contributed by atoms with van der Waals surface area (Å²) >= 11 is 4.42. The van der Waals surface area contributed by atoms with Gasteiger partial charge in [-0.1, -0.05) is 58.2 Å². The van der Waals surface area contributed by atoms with Gasteiger partial charge in [-0.05, 0) is 85.8 Å². The third-order valence-electron chi connectivity index (χ3n) is 19.5. The summed E-state index contributed by atoms with van der Waals surface area (Å²) in [7, 11) is 0. The SMILES string of the molecule is C=C(NC(=O)C(=C)NC(=O)c1csc(C2=N[C@@H]3c4csc(n4)[C@H]4NC(=O)c5csc(n5)[C@H]([C@](C)(O)[C@@H](C)O)NC(=O)C5CSC(=N5)/C(=C/C)NC(=O)[C@H]([C@@H](C)O)NC(=O)c5csc(n5)[C@]3(CC2)NC(=O)C(C)NC(=O)C(=C)NC(=O)C(C)NC(=O)C(C(C)CC)NC2C=Cc3c([C@H](C)O)cc(nc3[C@H]2O)C(=O)O[C@@H]4C)n1)C(N)=O. The number of nitrogens with zero attached hydrogens (tertiary/aromatic N) is 7. The van der Waals surface area contributed by atoms with Gasteiger partial charge in [-0.2, -0.15) is 0 Å². The van der Waals surface area contributed by atoms with Crippen LogP contribution in [-0.4, -0.2) is 198 Å². The highest BCUT2D eigenvalue weighted by molar-refractivity contribution is 8.14. The lowest BCUT2D eigenvalue weighted by atomic mass is 9.80. The standard InChI is InChI=1S/C72H85N19O18S5/c1-14-26(3)47-63(105)78-30(7)57(99)75-28(5)56(98)76-31(8)58(100)91-72-19-18-40(66-85-43(22-111-66)59(101)77-29(6)55(97)74-27(4)54(73)96)81-52(72)42-21-112-67(83-42)49(34(11)109-69(107)41-20-37(32(9)92)36-16-17-39(79-47)51(95)50(36)80-41)89-60(102)44-24-113-68(86-44)53(71(13,108)35(12)94)90-62(104)45-23-110-65(84-45)38(15-2)82-64(106)48(33(10)93)88-61(103)46-25-114-70(72)87-46/h15-17,20-22,24-26,30-35,39,45,47-49,51-53,79,92-95,108H,4-6,14,18-19,23H2,1-3,7-13H3,(H2,73,96)(H,74,97)(H,75,99)(H,76,98)(H,77,101)(H,78,105)(H,82,106)(H,88,103)(H,89,102)(H,90,104)(H,91,100)/b38-15-/t26?,30?,31?,32-,33+,34+,35+,39?,45?,47?,48-,49-,51-,52+,53+,71+,72+/m0/s1. The van der Waals surface area contributed by atoms with Crippen molar-refractivity contribution in [3.63, 3.8) is 0 Å². The number of esters is 1. The van der Waals surface area contributed by atoms with E-state index in [-0.39, 0.29) is 94.7 Å². The molecule has 0 saturated heterocycles. The molecule has 606 valence electrons. The van der Waals surface area contributed by atoms with E-state index in [9.17, 15) is 68.7 Å². The molecular weight excluding hydrogens is 1580 g/mol. The van der Waals surface area contributed by atoms with Crippen LogP contribution in [0.1, 0.15) is 203 Å². The Hall–Kier alpha value is -10.5. The molecule has 18 N–H and O–H groups in total. The van der Waals surface area contributed by atoms with E-state index >= 15 is 14.4 Å². The van der Waals surface area contributed by atoms with Crippen LogP contribution in [0, 0.1) is 5.92 Å². The van der Waals surface area contributed by atoms with E-state index in [4.69, 9.17) is 25.4 Å². The number of carbonyl (C=O) groups is 12. The molecule has 0 fully saturated rings. The molecule has 0 spiro atoms. The maximum absolute atomic E-state index is 15.4. The van der Waals surface area contributed by atoms with Crippen LogP contribution in [0.15, 0.2) is 92.2 Å². The number of allylic oxidation sites excluding steroid dienone is 1. The average molecular weight is 1660 g/mol. The molecular formula is C72H85N19O18S5. The Morgan fingerprint density at radius 2 is 1.45 bits per heavy atom. The fourth-order valence-electron chi connectivity index (χ4n) is 12.3. The third-order valence-corrected chi connectivity index (χ3v) is 24.3. The molecule has 0 aromatic carbocycles. The van der Waals surface area contributed by atoms with E-state index < -0.39 is 196 Å². The first-order valence-corrected chi connectivity index (χ1v) is 40.1. The van der Waals surface area contributed by atoms with E-state index in [0.29, 0.717) is 6.42 Å². The van der Waals surface area contributed by atoms with Crippen LogP contribution in [0.3, 0.4) is 0 Å². The number of cyclic esters (lactones) is 1. The quantitative estimate of drug-likeness (QED) is 0.0606. The van der Waals surface area contributed by atoms with Gasteiger partial charge in [-0.15, -0.1) is 57.1 Å². The largest absolute Gasteiger partial charge is 0.455 e. The normalized spacial score (nSPS) is 26.9. The molecule has 114 heavy (non-hydrogen) atoms. The van der Waals surface area contributed by atoms with Crippen molar-refractivity contribution >= 4 is 145 Å². The first-order valence-electron chi connectivity index (χ1n) is 35.6. The Morgan fingerprint density at radius 1 is 0.763 bits per heavy atom. The van der Waals surface area contributed by atoms with Crippen LogP contribution in [0.4, 0.5) is 0 Å². The molecule has 5 aliphatic rings. The Morgan fingerprint density at radius 3 is 2.12 bits per heavy atom. The molecule has 17 atom stereocenters. The maximum atomic E-state index is 15.4. The number of nitrogens with one attached hydrogen (secondary N) is 11. The maximum Gasteiger partial charge on any atom is 0.357 e. The molecule has 0 radical (unpaired) electrons. The van der Waals surface area contributed by atoms with Crippen molar-refractivity contribution in [1.29, 1.82) is 0 Å². The summed E-state index contributed by atoms with van der Waals surface area (Å²) in [6.45, 7) is 24.9. The number of ether oxygens (including phenoxy) is 1. The molecule has 11 amide bonds. The number of aliphatic hydroxyl groups is 5. The lowest BCUT2D eigenvalue weighted by Gasteiger charge is -2.41. The highest BCUT2D eigenvalue weighted by Crippen LogP contribution is 2.48. The van der Waals surface area contributed by atoms with Gasteiger partial charge in [-0.3, -0.25) is 68.0 Å². The second-order valence-electron chi connectivity index (χ2n) is 27.8. The number of aliphatic hydroxyl groups excluding tert-OH is 4. The predicted octanol–water partition coefficient (Wildman–Crippen LogP) is 0.774. The number of thiazole rings is 4. The number of fused-ring (bicyclic) bond motifs is 7. The Labute approximate surface area is 671 Å². The van der Waals surface area contributed by atoms with Crippen LogP contribution < -0.4 is 64.2 Å². The first-order chi connectivity index (χ1) is 53.7. The molecule has 5 aromatic heterocycles. The van der Waals surface area contributed by atoms with Gasteiger partial charge in [0.2, 0.25) is 29.5 Å². The molecule has 37 nitrogen and oxygen atoms in total. The molecule has 9 heterocycles. The summed E-state index contributed by atoms with van der Waals surface area (Å²) in [6.07, 6.45) is -3.18. The summed E-state index contributed by atoms with van der Waals surface area (Å²) < 4.78 is 6.26. The smallest absolute Gasteiger partial charge is 0.357 e. The number of nitrogens with two attached hydrogens (primary N) is 1. The highest BCUT2D eigenvalue weighted by Gasteiger charge is 2.51. The first kappa shape index (κ1) is 85.9. The number of rotatable bonds is 12. The molecule has 0 saturated carbocycles.